The van der Waals surface area contributed by atoms with Gasteiger partial charge in [0.2, 0.25) is 5.91 Å². The molecule has 6 nitrogen and oxygen atoms in total. The maximum atomic E-state index is 12.2. The first-order valence-corrected chi connectivity index (χ1v) is 7.68. The quantitative estimate of drug-likeness (QED) is 0.834. The summed E-state index contributed by atoms with van der Waals surface area (Å²) in [6.07, 6.45) is 0.361. The van der Waals surface area contributed by atoms with E-state index in [1.54, 1.807) is 4.90 Å². The molecule has 6 heteroatoms. The molecule has 0 aliphatic carbocycles. The highest BCUT2D eigenvalue weighted by atomic mass is 16.4. The predicted molar refractivity (Wildman–Crippen MR) is 83.1 cm³/mol. The fourth-order valence-corrected chi connectivity index (χ4v) is 3.12. The van der Waals surface area contributed by atoms with Crippen LogP contribution in [-0.4, -0.2) is 46.0 Å². The van der Waals surface area contributed by atoms with Crippen molar-refractivity contribution in [1.29, 1.82) is 0 Å². The monoisotopic (exact) mass is 319 g/mol. The van der Waals surface area contributed by atoms with E-state index in [1.807, 2.05) is 31.2 Å². The van der Waals surface area contributed by atoms with Crippen molar-refractivity contribution < 1.29 is 24.6 Å². The molecule has 2 rings (SSSR count). The third-order valence-electron chi connectivity index (χ3n) is 4.36. The van der Waals surface area contributed by atoms with Crippen molar-refractivity contribution in [1.82, 2.24) is 4.90 Å². The van der Waals surface area contributed by atoms with Crippen LogP contribution in [-0.2, 0) is 14.4 Å². The summed E-state index contributed by atoms with van der Waals surface area (Å²) in [6.45, 7) is 2.49. The lowest BCUT2D eigenvalue weighted by atomic mass is 9.86. The molecule has 2 atom stereocenters. The summed E-state index contributed by atoms with van der Waals surface area (Å²) in [6, 6.07) is 7.62. The molecule has 2 unspecified atom stereocenters. The molecule has 0 spiro atoms. The first-order chi connectivity index (χ1) is 10.9. The number of amides is 1. The van der Waals surface area contributed by atoms with E-state index >= 15 is 0 Å². The molecule has 1 aliphatic heterocycles. The van der Waals surface area contributed by atoms with Gasteiger partial charge in [-0.05, 0) is 24.5 Å². The van der Waals surface area contributed by atoms with Gasteiger partial charge < -0.3 is 15.1 Å². The smallest absolute Gasteiger partial charge is 0.308 e. The van der Waals surface area contributed by atoms with E-state index < -0.39 is 17.9 Å². The van der Waals surface area contributed by atoms with Gasteiger partial charge in [-0.25, -0.2) is 0 Å². The second-order valence-electron chi connectivity index (χ2n) is 5.95. The third-order valence-corrected chi connectivity index (χ3v) is 4.36. The lowest BCUT2D eigenvalue weighted by Gasteiger charge is -2.18. The molecule has 1 aromatic carbocycles. The van der Waals surface area contributed by atoms with Crippen LogP contribution in [0.1, 0.15) is 36.3 Å². The lowest BCUT2D eigenvalue weighted by molar-refractivity contribution is -0.142. The van der Waals surface area contributed by atoms with Crippen molar-refractivity contribution in [2.45, 2.75) is 32.1 Å². The van der Waals surface area contributed by atoms with Gasteiger partial charge in [0.15, 0.2) is 0 Å². The van der Waals surface area contributed by atoms with Crippen LogP contribution in [0.25, 0.3) is 0 Å². The second kappa shape index (κ2) is 7.26. The number of benzene rings is 1. The number of nitrogens with zero attached hydrogens (tertiary/aromatic N) is 1. The molecule has 124 valence electrons. The first-order valence-electron chi connectivity index (χ1n) is 7.68. The van der Waals surface area contributed by atoms with Crippen LogP contribution in [0.3, 0.4) is 0 Å². The lowest BCUT2D eigenvalue weighted by Crippen LogP contribution is -2.29. The Kier molecular flexibility index (Phi) is 5.36. The number of likely N-dealkylation sites (tertiary alicyclic amines) is 1. The molecule has 1 saturated heterocycles. The van der Waals surface area contributed by atoms with Gasteiger partial charge in [0, 0.05) is 31.8 Å². The minimum atomic E-state index is -0.930. The van der Waals surface area contributed by atoms with Crippen LogP contribution in [0.5, 0.6) is 0 Å². The predicted octanol–water partition coefficient (Wildman–Crippen LogP) is 1.88. The Labute approximate surface area is 134 Å². The molecule has 1 fully saturated rings. The Hall–Kier alpha value is -2.37. The number of carboxylic acids is 2. The van der Waals surface area contributed by atoms with Crippen molar-refractivity contribution in [3.63, 3.8) is 0 Å². The van der Waals surface area contributed by atoms with Gasteiger partial charge in [0.1, 0.15) is 0 Å². The molecule has 1 amide bonds. The summed E-state index contributed by atoms with van der Waals surface area (Å²) in [5.41, 5.74) is 1.98. The Morgan fingerprint density at radius 3 is 2.43 bits per heavy atom. The molecule has 1 aromatic rings. The van der Waals surface area contributed by atoms with E-state index in [-0.39, 0.29) is 37.6 Å². The standard InChI is InChI=1S/C17H21NO5/c1-11-5-2-3-6-12(11)13-9-18(10-14(13)17(22)23)15(19)7-4-8-16(20)21/h2-3,5-6,13-14H,4,7-10H2,1H3,(H,20,21)(H,22,23). The Morgan fingerprint density at radius 2 is 1.83 bits per heavy atom. The Balaban J connectivity index is 2.09. The third kappa shape index (κ3) is 4.09. The number of aliphatic carboxylic acids is 2. The summed E-state index contributed by atoms with van der Waals surface area (Å²) in [5, 5.41) is 18.1. The number of aryl methyl sites for hydroxylation is 1. The SMILES string of the molecule is Cc1ccccc1C1CN(C(=O)CCCC(=O)O)CC1C(=O)O. The minimum Gasteiger partial charge on any atom is -0.481 e. The van der Waals surface area contributed by atoms with E-state index in [2.05, 4.69) is 0 Å². The fourth-order valence-electron chi connectivity index (χ4n) is 3.12. The van der Waals surface area contributed by atoms with Gasteiger partial charge >= 0.3 is 11.9 Å². The number of carbonyl (C=O) groups excluding carboxylic acids is 1. The average Bonchev–Trinajstić information content (AvgIpc) is 2.92. The largest absolute Gasteiger partial charge is 0.481 e. The summed E-state index contributed by atoms with van der Waals surface area (Å²) in [7, 11) is 0. The van der Waals surface area contributed by atoms with Gasteiger partial charge in [-0.15, -0.1) is 0 Å². The van der Waals surface area contributed by atoms with E-state index in [0.29, 0.717) is 6.54 Å². The first kappa shape index (κ1) is 17.0. The number of carbonyl (C=O) groups is 3. The van der Waals surface area contributed by atoms with E-state index in [0.717, 1.165) is 11.1 Å². The van der Waals surface area contributed by atoms with Gasteiger partial charge in [-0.1, -0.05) is 24.3 Å². The summed E-state index contributed by atoms with van der Waals surface area (Å²) in [4.78, 5) is 35.8. The second-order valence-corrected chi connectivity index (χ2v) is 5.95. The highest BCUT2D eigenvalue weighted by Crippen LogP contribution is 2.34. The molecule has 0 saturated carbocycles. The van der Waals surface area contributed by atoms with Crippen LogP contribution < -0.4 is 0 Å². The normalized spacial score (nSPS) is 20.5. The van der Waals surface area contributed by atoms with Crippen LogP contribution >= 0.6 is 0 Å². The Bertz CT molecular complexity index is 613. The van der Waals surface area contributed by atoms with E-state index in [1.165, 1.54) is 0 Å². The highest BCUT2D eigenvalue weighted by molar-refractivity contribution is 5.80. The molecular weight excluding hydrogens is 298 g/mol. The molecule has 2 N–H and O–H groups in total. The van der Waals surface area contributed by atoms with E-state index in [4.69, 9.17) is 5.11 Å². The van der Waals surface area contributed by atoms with Crippen LogP contribution in [0.4, 0.5) is 0 Å². The average molecular weight is 319 g/mol. The Morgan fingerprint density at radius 1 is 1.13 bits per heavy atom. The summed E-state index contributed by atoms with van der Waals surface area (Å²) in [5.74, 6) is -2.86. The zero-order valence-corrected chi connectivity index (χ0v) is 13.1. The zero-order chi connectivity index (χ0) is 17.0. The zero-order valence-electron chi connectivity index (χ0n) is 13.1. The maximum absolute atomic E-state index is 12.2. The van der Waals surface area contributed by atoms with Crippen molar-refractivity contribution >= 4 is 17.8 Å². The van der Waals surface area contributed by atoms with Gasteiger partial charge in [-0.3, -0.25) is 14.4 Å². The molecule has 0 aromatic heterocycles. The molecule has 0 radical (unpaired) electrons. The minimum absolute atomic E-state index is 0.0524. The van der Waals surface area contributed by atoms with E-state index in [9.17, 15) is 19.5 Å². The van der Waals surface area contributed by atoms with Crippen LogP contribution in [0.15, 0.2) is 24.3 Å². The van der Waals surface area contributed by atoms with Crippen LogP contribution in [0.2, 0.25) is 0 Å². The highest BCUT2D eigenvalue weighted by Gasteiger charge is 2.40. The van der Waals surface area contributed by atoms with Crippen molar-refractivity contribution in [2.24, 2.45) is 5.92 Å². The molecule has 1 heterocycles. The summed E-state index contributed by atoms with van der Waals surface area (Å²) < 4.78 is 0. The van der Waals surface area contributed by atoms with Crippen molar-refractivity contribution in [2.75, 3.05) is 13.1 Å². The summed E-state index contributed by atoms with van der Waals surface area (Å²) >= 11 is 0. The number of rotatable bonds is 6. The van der Waals surface area contributed by atoms with Crippen molar-refractivity contribution in [3.05, 3.63) is 35.4 Å². The molecule has 1 aliphatic rings. The van der Waals surface area contributed by atoms with Crippen LogP contribution in [0, 0.1) is 12.8 Å². The topological polar surface area (TPSA) is 94.9 Å². The molecule has 0 bridgehead atoms. The molecular formula is C17H21NO5. The van der Waals surface area contributed by atoms with Crippen molar-refractivity contribution in [3.8, 4) is 0 Å². The van der Waals surface area contributed by atoms with Gasteiger partial charge in [-0.2, -0.15) is 0 Å². The van der Waals surface area contributed by atoms with Gasteiger partial charge in [0.05, 0.1) is 5.92 Å². The number of hydrogen-bond donors (Lipinski definition) is 2. The number of carboxylic acid groups (broad SMARTS) is 2. The van der Waals surface area contributed by atoms with Gasteiger partial charge in [0.25, 0.3) is 0 Å². The fraction of sp³-hybridized carbons (Fsp3) is 0.471. The molecule has 23 heavy (non-hydrogen) atoms. The maximum Gasteiger partial charge on any atom is 0.308 e. The number of hydrogen-bond acceptors (Lipinski definition) is 3.